The van der Waals surface area contributed by atoms with E-state index in [1.165, 1.54) is 23.2 Å². The SMILES string of the molecule is CN(c1cccc(NC(=S)NCCc2ccccc2)c1)S(C)(=O)=O. The molecule has 0 saturated carbocycles. The summed E-state index contributed by atoms with van der Waals surface area (Å²) in [7, 11) is -1.77. The van der Waals surface area contributed by atoms with Gasteiger partial charge in [-0.05, 0) is 42.4 Å². The molecule has 24 heavy (non-hydrogen) atoms. The summed E-state index contributed by atoms with van der Waals surface area (Å²) in [5.41, 5.74) is 2.55. The summed E-state index contributed by atoms with van der Waals surface area (Å²) in [6.07, 6.45) is 2.04. The molecule has 0 radical (unpaired) electrons. The molecule has 0 unspecified atom stereocenters. The maximum atomic E-state index is 11.6. The number of nitrogens with one attached hydrogen (secondary N) is 2. The Morgan fingerprint density at radius 2 is 1.83 bits per heavy atom. The van der Waals surface area contributed by atoms with Gasteiger partial charge in [-0.2, -0.15) is 0 Å². The van der Waals surface area contributed by atoms with E-state index in [9.17, 15) is 8.42 Å². The molecule has 128 valence electrons. The van der Waals surface area contributed by atoms with Gasteiger partial charge in [0.05, 0.1) is 11.9 Å². The Balaban J connectivity index is 1.90. The average Bonchev–Trinajstić information content (AvgIpc) is 2.54. The first-order valence-electron chi connectivity index (χ1n) is 7.49. The Morgan fingerprint density at radius 3 is 2.50 bits per heavy atom. The Labute approximate surface area is 148 Å². The quantitative estimate of drug-likeness (QED) is 0.773. The molecule has 0 aliphatic heterocycles. The van der Waals surface area contributed by atoms with Crippen LogP contribution in [-0.2, 0) is 16.4 Å². The van der Waals surface area contributed by atoms with Crippen LogP contribution in [0.1, 0.15) is 5.56 Å². The molecular formula is C17H21N3O2S2. The number of nitrogens with zero attached hydrogens (tertiary/aromatic N) is 1. The van der Waals surface area contributed by atoms with Gasteiger partial charge in [0.15, 0.2) is 5.11 Å². The number of hydrogen-bond donors (Lipinski definition) is 2. The lowest BCUT2D eigenvalue weighted by Crippen LogP contribution is -2.30. The van der Waals surface area contributed by atoms with Crippen LogP contribution in [0.2, 0.25) is 0 Å². The van der Waals surface area contributed by atoms with Gasteiger partial charge in [0, 0.05) is 19.3 Å². The molecule has 0 aromatic heterocycles. The first-order chi connectivity index (χ1) is 11.4. The minimum atomic E-state index is -3.29. The zero-order chi connectivity index (χ0) is 17.6. The van der Waals surface area contributed by atoms with Crippen LogP contribution in [0.25, 0.3) is 0 Å². The van der Waals surface area contributed by atoms with Gasteiger partial charge in [0.25, 0.3) is 0 Å². The van der Waals surface area contributed by atoms with E-state index in [1.807, 2.05) is 24.3 Å². The van der Waals surface area contributed by atoms with E-state index < -0.39 is 10.0 Å². The molecule has 0 bridgehead atoms. The van der Waals surface area contributed by atoms with Crippen molar-refractivity contribution in [1.82, 2.24) is 5.32 Å². The normalized spacial score (nSPS) is 10.9. The lowest BCUT2D eigenvalue weighted by atomic mass is 10.1. The van der Waals surface area contributed by atoms with Gasteiger partial charge in [0.2, 0.25) is 10.0 Å². The molecule has 0 heterocycles. The van der Waals surface area contributed by atoms with Crippen LogP contribution in [0, 0.1) is 0 Å². The van der Waals surface area contributed by atoms with E-state index in [0.717, 1.165) is 18.7 Å². The van der Waals surface area contributed by atoms with E-state index >= 15 is 0 Å². The molecule has 2 aromatic carbocycles. The van der Waals surface area contributed by atoms with E-state index in [1.54, 1.807) is 18.2 Å². The van der Waals surface area contributed by atoms with Crippen molar-refractivity contribution < 1.29 is 8.42 Å². The number of benzene rings is 2. The van der Waals surface area contributed by atoms with Crippen LogP contribution >= 0.6 is 12.2 Å². The number of rotatable bonds is 6. The van der Waals surface area contributed by atoms with Crippen LogP contribution in [0.15, 0.2) is 54.6 Å². The minimum Gasteiger partial charge on any atom is -0.362 e. The van der Waals surface area contributed by atoms with Crippen molar-refractivity contribution in [2.75, 3.05) is 29.5 Å². The number of anilines is 2. The van der Waals surface area contributed by atoms with Gasteiger partial charge in [-0.25, -0.2) is 8.42 Å². The van der Waals surface area contributed by atoms with Crippen molar-refractivity contribution >= 4 is 38.7 Å². The molecule has 2 rings (SSSR count). The van der Waals surface area contributed by atoms with E-state index in [4.69, 9.17) is 12.2 Å². The predicted octanol–water partition coefficient (Wildman–Crippen LogP) is 2.61. The second-order valence-electron chi connectivity index (χ2n) is 5.40. The number of thiocarbonyl (C=S) groups is 1. The molecular weight excluding hydrogens is 342 g/mol. The lowest BCUT2D eigenvalue weighted by Gasteiger charge is -2.18. The summed E-state index contributed by atoms with van der Waals surface area (Å²) in [6.45, 7) is 0.721. The molecule has 2 N–H and O–H groups in total. The smallest absolute Gasteiger partial charge is 0.231 e. The van der Waals surface area contributed by atoms with Crippen LogP contribution < -0.4 is 14.9 Å². The molecule has 0 spiro atoms. The fraction of sp³-hybridized carbons (Fsp3) is 0.235. The number of hydrogen-bond acceptors (Lipinski definition) is 3. The van der Waals surface area contributed by atoms with Crippen molar-refractivity contribution in [3.63, 3.8) is 0 Å². The van der Waals surface area contributed by atoms with Crippen molar-refractivity contribution in [3.8, 4) is 0 Å². The number of sulfonamides is 1. The molecule has 5 nitrogen and oxygen atoms in total. The first-order valence-corrected chi connectivity index (χ1v) is 9.74. The highest BCUT2D eigenvalue weighted by atomic mass is 32.2. The van der Waals surface area contributed by atoms with Gasteiger partial charge in [0.1, 0.15) is 0 Å². The van der Waals surface area contributed by atoms with Crippen LogP contribution in [-0.4, -0.2) is 33.4 Å². The highest BCUT2D eigenvalue weighted by Gasteiger charge is 2.12. The molecule has 0 fully saturated rings. The summed E-state index contributed by atoms with van der Waals surface area (Å²) in [6, 6.07) is 17.3. The Morgan fingerprint density at radius 1 is 1.12 bits per heavy atom. The Kier molecular flexibility index (Phi) is 6.16. The fourth-order valence-electron chi connectivity index (χ4n) is 2.11. The van der Waals surface area contributed by atoms with Crippen molar-refractivity contribution in [1.29, 1.82) is 0 Å². The molecule has 0 saturated heterocycles. The van der Waals surface area contributed by atoms with Gasteiger partial charge >= 0.3 is 0 Å². The maximum absolute atomic E-state index is 11.6. The third kappa shape index (κ3) is 5.50. The highest BCUT2D eigenvalue weighted by Crippen LogP contribution is 2.20. The van der Waals surface area contributed by atoms with Crippen molar-refractivity contribution in [2.45, 2.75) is 6.42 Å². The molecule has 0 aliphatic rings. The van der Waals surface area contributed by atoms with Crippen LogP contribution in [0.5, 0.6) is 0 Å². The topological polar surface area (TPSA) is 61.4 Å². The van der Waals surface area contributed by atoms with Crippen LogP contribution in [0.3, 0.4) is 0 Å². The first kappa shape index (κ1) is 18.2. The lowest BCUT2D eigenvalue weighted by molar-refractivity contribution is 0.600. The van der Waals surface area contributed by atoms with E-state index in [2.05, 4.69) is 22.8 Å². The second kappa shape index (κ2) is 8.12. The molecule has 0 amide bonds. The second-order valence-corrected chi connectivity index (χ2v) is 7.82. The summed E-state index contributed by atoms with van der Waals surface area (Å²) in [5, 5.41) is 6.73. The molecule has 2 aromatic rings. The van der Waals surface area contributed by atoms with Gasteiger partial charge in [-0.3, -0.25) is 4.31 Å². The highest BCUT2D eigenvalue weighted by molar-refractivity contribution is 7.92. The zero-order valence-electron chi connectivity index (χ0n) is 13.7. The molecule has 7 heteroatoms. The Hall–Kier alpha value is -2.12. The zero-order valence-corrected chi connectivity index (χ0v) is 15.3. The molecule has 0 aliphatic carbocycles. The van der Waals surface area contributed by atoms with Gasteiger partial charge in [-0.15, -0.1) is 0 Å². The third-order valence-electron chi connectivity index (χ3n) is 3.51. The standard InChI is InChI=1S/C17H21N3O2S2/c1-20(24(2,21)22)16-10-6-9-15(13-16)19-17(23)18-12-11-14-7-4-3-5-8-14/h3-10,13H,11-12H2,1-2H3,(H2,18,19,23). The van der Waals surface area contributed by atoms with Crippen LogP contribution in [0.4, 0.5) is 11.4 Å². The minimum absolute atomic E-state index is 0.505. The molecule has 0 atom stereocenters. The van der Waals surface area contributed by atoms with E-state index in [0.29, 0.717) is 10.8 Å². The maximum Gasteiger partial charge on any atom is 0.231 e. The van der Waals surface area contributed by atoms with Gasteiger partial charge < -0.3 is 10.6 Å². The van der Waals surface area contributed by atoms with Gasteiger partial charge in [-0.1, -0.05) is 36.4 Å². The summed E-state index contributed by atoms with van der Waals surface area (Å²) < 4.78 is 24.4. The van der Waals surface area contributed by atoms with Crippen molar-refractivity contribution in [3.05, 3.63) is 60.2 Å². The summed E-state index contributed by atoms with van der Waals surface area (Å²) in [5.74, 6) is 0. The van der Waals surface area contributed by atoms with E-state index in [-0.39, 0.29) is 0 Å². The summed E-state index contributed by atoms with van der Waals surface area (Å²) >= 11 is 5.28. The summed E-state index contributed by atoms with van der Waals surface area (Å²) in [4.78, 5) is 0. The largest absolute Gasteiger partial charge is 0.362 e. The Bertz CT molecular complexity index is 792. The fourth-order valence-corrected chi connectivity index (χ4v) is 2.83. The van der Waals surface area contributed by atoms with Crippen molar-refractivity contribution in [2.24, 2.45) is 0 Å². The average molecular weight is 364 g/mol. The predicted molar refractivity (Wildman–Crippen MR) is 104 cm³/mol. The third-order valence-corrected chi connectivity index (χ3v) is 4.96. The monoisotopic (exact) mass is 363 g/mol.